The SMILES string of the molecule is Cc1cc(C)n(-c2nc3ccccc3c3nc(-c4cccnc4)nn23)n1. The maximum atomic E-state index is 4.80. The molecule has 0 aliphatic heterocycles. The number of hydrogen-bond donors (Lipinski definition) is 0. The molecule has 0 atom stereocenters. The van der Waals surface area contributed by atoms with Crippen LogP contribution in [-0.4, -0.2) is 34.3 Å². The Morgan fingerprint density at radius 2 is 1.81 bits per heavy atom. The number of rotatable bonds is 2. The highest BCUT2D eigenvalue weighted by atomic mass is 15.4. The molecule has 1 aromatic carbocycles. The third kappa shape index (κ3) is 2.17. The van der Waals surface area contributed by atoms with Gasteiger partial charge in [0.25, 0.3) is 5.95 Å². The van der Waals surface area contributed by atoms with Crippen LogP contribution in [-0.2, 0) is 0 Å². The average molecular weight is 341 g/mol. The Morgan fingerprint density at radius 1 is 0.923 bits per heavy atom. The quantitative estimate of drug-likeness (QED) is 0.493. The molecule has 26 heavy (non-hydrogen) atoms. The van der Waals surface area contributed by atoms with Crippen LogP contribution >= 0.6 is 0 Å². The summed E-state index contributed by atoms with van der Waals surface area (Å²) in [4.78, 5) is 13.7. The minimum Gasteiger partial charge on any atom is -0.264 e. The van der Waals surface area contributed by atoms with Crippen LogP contribution in [0.2, 0.25) is 0 Å². The Labute approximate surface area is 149 Å². The van der Waals surface area contributed by atoms with Crippen molar-refractivity contribution < 1.29 is 0 Å². The molecule has 0 saturated carbocycles. The molecule has 0 unspecified atom stereocenters. The lowest BCUT2D eigenvalue weighted by Crippen LogP contribution is -2.10. The lowest BCUT2D eigenvalue weighted by Gasteiger charge is -2.07. The van der Waals surface area contributed by atoms with E-state index in [2.05, 4.69) is 10.1 Å². The largest absolute Gasteiger partial charge is 0.264 e. The monoisotopic (exact) mass is 341 g/mol. The van der Waals surface area contributed by atoms with Gasteiger partial charge in [-0.15, -0.1) is 5.10 Å². The van der Waals surface area contributed by atoms with E-state index in [9.17, 15) is 0 Å². The summed E-state index contributed by atoms with van der Waals surface area (Å²) in [6.45, 7) is 3.96. The van der Waals surface area contributed by atoms with Crippen molar-refractivity contribution in [3.05, 3.63) is 66.2 Å². The molecule has 0 fully saturated rings. The highest BCUT2D eigenvalue weighted by Gasteiger charge is 2.17. The second kappa shape index (κ2) is 5.45. The van der Waals surface area contributed by atoms with Crippen LogP contribution in [0.1, 0.15) is 11.4 Å². The molecule has 5 aromatic rings. The van der Waals surface area contributed by atoms with Gasteiger partial charge in [-0.2, -0.15) is 9.61 Å². The van der Waals surface area contributed by atoms with E-state index < -0.39 is 0 Å². The van der Waals surface area contributed by atoms with Crippen molar-refractivity contribution in [2.75, 3.05) is 0 Å². The van der Waals surface area contributed by atoms with Crippen molar-refractivity contribution in [3.8, 4) is 17.3 Å². The molecule has 0 aliphatic carbocycles. The first-order valence-electron chi connectivity index (χ1n) is 8.30. The zero-order chi connectivity index (χ0) is 17.7. The summed E-state index contributed by atoms with van der Waals surface area (Å²) < 4.78 is 3.56. The summed E-state index contributed by atoms with van der Waals surface area (Å²) in [7, 11) is 0. The van der Waals surface area contributed by atoms with Crippen molar-refractivity contribution in [1.82, 2.24) is 34.3 Å². The lowest BCUT2D eigenvalue weighted by molar-refractivity contribution is 0.735. The van der Waals surface area contributed by atoms with Crippen molar-refractivity contribution in [3.63, 3.8) is 0 Å². The van der Waals surface area contributed by atoms with Gasteiger partial charge < -0.3 is 0 Å². The summed E-state index contributed by atoms with van der Waals surface area (Å²) >= 11 is 0. The van der Waals surface area contributed by atoms with Crippen LogP contribution in [0, 0.1) is 13.8 Å². The zero-order valence-electron chi connectivity index (χ0n) is 14.3. The molecule has 5 rings (SSSR count). The molecule has 0 N–H and O–H groups in total. The Kier molecular flexibility index (Phi) is 3.08. The van der Waals surface area contributed by atoms with Gasteiger partial charge in [-0.1, -0.05) is 12.1 Å². The zero-order valence-corrected chi connectivity index (χ0v) is 14.3. The van der Waals surface area contributed by atoms with Gasteiger partial charge in [0.2, 0.25) is 0 Å². The van der Waals surface area contributed by atoms with E-state index in [0.29, 0.717) is 11.8 Å². The van der Waals surface area contributed by atoms with E-state index in [1.165, 1.54) is 0 Å². The second-order valence-corrected chi connectivity index (χ2v) is 6.18. The maximum Gasteiger partial charge on any atom is 0.254 e. The Hall–Kier alpha value is -3.61. The summed E-state index contributed by atoms with van der Waals surface area (Å²) in [5, 5.41) is 10.2. The standard InChI is InChI=1S/C19H15N7/c1-12-10-13(2)25(23-12)19-21-16-8-4-3-7-15(16)18-22-17(24-26(18)19)14-6-5-9-20-11-14/h3-11H,1-2H3. The van der Waals surface area contributed by atoms with Crippen LogP contribution in [0.5, 0.6) is 0 Å². The molecule has 4 aromatic heterocycles. The number of pyridine rings is 1. The van der Waals surface area contributed by atoms with Gasteiger partial charge >= 0.3 is 0 Å². The van der Waals surface area contributed by atoms with Gasteiger partial charge in [-0.05, 0) is 44.2 Å². The molecule has 126 valence electrons. The Bertz CT molecular complexity index is 1250. The molecule has 7 nitrogen and oxygen atoms in total. The second-order valence-electron chi connectivity index (χ2n) is 6.18. The number of benzene rings is 1. The minimum atomic E-state index is 0.610. The summed E-state index contributed by atoms with van der Waals surface area (Å²) in [6.07, 6.45) is 3.49. The minimum absolute atomic E-state index is 0.610. The molecule has 0 amide bonds. The van der Waals surface area contributed by atoms with Crippen LogP contribution < -0.4 is 0 Å². The van der Waals surface area contributed by atoms with Crippen molar-refractivity contribution in [2.24, 2.45) is 0 Å². The van der Waals surface area contributed by atoms with Crippen molar-refractivity contribution >= 4 is 16.6 Å². The predicted octanol–water partition coefficient (Wildman–Crippen LogP) is 3.14. The van der Waals surface area contributed by atoms with Gasteiger partial charge in [0.05, 0.1) is 11.2 Å². The fourth-order valence-corrected chi connectivity index (χ4v) is 3.13. The van der Waals surface area contributed by atoms with Gasteiger partial charge in [0, 0.05) is 29.0 Å². The topological polar surface area (TPSA) is 73.8 Å². The smallest absolute Gasteiger partial charge is 0.254 e. The first-order valence-corrected chi connectivity index (χ1v) is 8.30. The Balaban J connectivity index is 1.89. The van der Waals surface area contributed by atoms with Gasteiger partial charge in [0.1, 0.15) is 0 Å². The van der Waals surface area contributed by atoms with E-state index in [1.54, 1.807) is 21.6 Å². The van der Waals surface area contributed by atoms with Crippen LogP contribution in [0.15, 0.2) is 54.9 Å². The molecular weight excluding hydrogens is 326 g/mol. The molecule has 0 bridgehead atoms. The predicted molar refractivity (Wildman–Crippen MR) is 98.1 cm³/mol. The highest BCUT2D eigenvalue weighted by Crippen LogP contribution is 2.23. The number of para-hydroxylation sites is 1. The Morgan fingerprint density at radius 3 is 2.58 bits per heavy atom. The van der Waals surface area contributed by atoms with Gasteiger partial charge in [0.15, 0.2) is 11.5 Å². The summed E-state index contributed by atoms with van der Waals surface area (Å²) in [5.74, 6) is 1.23. The normalized spacial score (nSPS) is 11.5. The molecule has 0 aliphatic rings. The molecule has 0 radical (unpaired) electrons. The number of nitrogens with zero attached hydrogens (tertiary/aromatic N) is 7. The molecule has 0 saturated heterocycles. The maximum absolute atomic E-state index is 4.80. The lowest BCUT2D eigenvalue weighted by atomic mass is 10.2. The number of hydrogen-bond acceptors (Lipinski definition) is 5. The van der Waals surface area contributed by atoms with E-state index in [4.69, 9.17) is 15.1 Å². The van der Waals surface area contributed by atoms with Crippen LogP contribution in [0.3, 0.4) is 0 Å². The average Bonchev–Trinajstić information content (AvgIpc) is 3.25. The van der Waals surface area contributed by atoms with Gasteiger partial charge in [-0.25, -0.2) is 14.6 Å². The fraction of sp³-hybridized carbons (Fsp3) is 0.105. The van der Waals surface area contributed by atoms with Crippen molar-refractivity contribution in [1.29, 1.82) is 0 Å². The van der Waals surface area contributed by atoms with Crippen LogP contribution in [0.25, 0.3) is 33.9 Å². The number of fused-ring (bicyclic) bond motifs is 3. The third-order valence-electron chi connectivity index (χ3n) is 4.28. The van der Waals surface area contributed by atoms with E-state index in [-0.39, 0.29) is 0 Å². The summed E-state index contributed by atoms with van der Waals surface area (Å²) in [5.41, 5.74) is 4.38. The van der Waals surface area contributed by atoms with E-state index in [1.807, 2.05) is 56.3 Å². The highest BCUT2D eigenvalue weighted by molar-refractivity contribution is 5.92. The number of aromatic nitrogens is 7. The summed E-state index contributed by atoms with van der Waals surface area (Å²) in [6, 6.07) is 13.8. The molecular formula is C19H15N7. The first kappa shape index (κ1) is 14.7. The number of aryl methyl sites for hydroxylation is 2. The fourth-order valence-electron chi connectivity index (χ4n) is 3.13. The third-order valence-corrected chi connectivity index (χ3v) is 4.28. The first-order chi connectivity index (χ1) is 12.7. The molecule has 0 spiro atoms. The van der Waals surface area contributed by atoms with Crippen molar-refractivity contribution in [2.45, 2.75) is 13.8 Å². The van der Waals surface area contributed by atoms with Crippen LogP contribution in [0.4, 0.5) is 0 Å². The molecule has 4 heterocycles. The van der Waals surface area contributed by atoms with E-state index >= 15 is 0 Å². The van der Waals surface area contributed by atoms with Gasteiger partial charge in [-0.3, -0.25) is 4.98 Å². The molecule has 7 heteroatoms. The van der Waals surface area contributed by atoms with E-state index in [0.717, 1.165) is 33.5 Å².